The van der Waals surface area contributed by atoms with Crippen LogP contribution in [0.25, 0.3) is 0 Å². The third-order valence-electron chi connectivity index (χ3n) is 4.42. The quantitative estimate of drug-likeness (QED) is 0.796. The van der Waals surface area contributed by atoms with Crippen LogP contribution in [0.4, 0.5) is 30.2 Å². The summed E-state index contributed by atoms with van der Waals surface area (Å²) in [5.74, 6) is -0.521. The van der Waals surface area contributed by atoms with E-state index >= 15 is 0 Å². The number of nitrogens with zero attached hydrogens (tertiary/aromatic N) is 1. The van der Waals surface area contributed by atoms with Crippen LogP contribution in [0.3, 0.4) is 0 Å². The van der Waals surface area contributed by atoms with Gasteiger partial charge in [-0.2, -0.15) is 13.2 Å². The molecule has 2 aromatic rings. The van der Waals surface area contributed by atoms with E-state index in [-0.39, 0.29) is 23.1 Å². The number of anilines is 3. The summed E-state index contributed by atoms with van der Waals surface area (Å²) < 4.78 is 39.0. The molecule has 0 aromatic heterocycles. The fourth-order valence-corrected chi connectivity index (χ4v) is 2.69. The second-order valence-corrected chi connectivity index (χ2v) is 6.92. The van der Waals surface area contributed by atoms with Crippen molar-refractivity contribution < 1.29 is 22.8 Å². The van der Waals surface area contributed by atoms with Crippen LogP contribution in [-0.2, 0) is 11.0 Å². The van der Waals surface area contributed by atoms with Crippen LogP contribution in [0, 0.1) is 5.92 Å². The fourth-order valence-electron chi connectivity index (χ4n) is 2.69. The van der Waals surface area contributed by atoms with Gasteiger partial charge in [0.05, 0.1) is 16.9 Å². The summed E-state index contributed by atoms with van der Waals surface area (Å²) in [5.41, 5.74) is 0.519. The molecule has 0 saturated heterocycles. The second-order valence-electron chi connectivity index (χ2n) is 6.92. The van der Waals surface area contributed by atoms with E-state index in [0.29, 0.717) is 11.4 Å². The number of hydrogen-bond acceptors (Lipinski definition) is 3. The van der Waals surface area contributed by atoms with Crippen molar-refractivity contribution in [3.63, 3.8) is 0 Å². The van der Waals surface area contributed by atoms with Crippen molar-refractivity contribution in [2.24, 2.45) is 5.92 Å². The molecule has 1 aliphatic rings. The molecular weight excluding hydrogens is 371 g/mol. The molecule has 1 fully saturated rings. The van der Waals surface area contributed by atoms with Gasteiger partial charge in [-0.3, -0.25) is 9.59 Å². The molecule has 0 radical (unpaired) electrons. The van der Waals surface area contributed by atoms with Crippen LogP contribution in [0.5, 0.6) is 0 Å². The van der Waals surface area contributed by atoms with Crippen molar-refractivity contribution in [2.45, 2.75) is 19.0 Å². The highest BCUT2D eigenvalue weighted by Gasteiger charge is 2.31. The standard InChI is InChI=1S/C20H20F3N3O2/c1-26(2)17-10-7-14(20(21,22)23)11-16(17)25-19(28)13-5-8-15(9-6-13)24-18(27)12-3-4-12/h5-12H,3-4H2,1-2H3,(H,24,27)(H,25,28). The number of carbonyl (C=O) groups is 2. The Balaban J connectivity index is 1.77. The Hall–Kier alpha value is -3.03. The topological polar surface area (TPSA) is 61.4 Å². The molecule has 3 rings (SSSR count). The average molecular weight is 391 g/mol. The average Bonchev–Trinajstić information content (AvgIpc) is 3.46. The first kappa shape index (κ1) is 19.7. The van der Waals surface area contributed by atoms with Crippen LogP contribution in [0.2, 0.25) is 0 Å². The van der Waals surface area contributed by atoms with Crippen LogP contribution in [-0.4, -0.2) is 25.9 Å². The molecule has 0 atom stereocenters. The first-order chi connectivity index (χ1) is 13.1. The minimum absolute atomic E-state index is 0.0446. The molecule has 0 bridgehead atoms. The number of nitrogens with one attached hydrogen (secondary N) is 2. The summed E-state index contributed by atoms with van der Waals surface area (Å²) in [4.78, 5) is 25.9. The van der Waals surface area contributed by atoms with Gasteiger partial charge in [0.2, 0.25) is 5.91 Å². The van der Waals surface area contributed by atoms with Gasteiger partial charge in [0.1, 0.15) is 0 Å². The van der Waals surface area contributed by atoms with E-state index in [1.165, 1.54) is 18.2 Å². The molecule has 2 aromatic carbocycles. The number of rotatable bonds is 5. The van der Waals surface area contributed by atoms with Crippen molar-refractivity contribution in [3.8, 4) is 0 Å². The van der Waals surface area contributed by atoms with E-state index in [1.807, 2.05) is 0 Å². The largest absolute Gasteiger partial charge is 0.416 e. The zero-order valence-corrected chi connectivity index (χ0v) is 15.4. The molecule has 1 aliphatic carbocycles. The Labute approximate surface area is 160 Å². The van der Waals surface area contributed by atoms with Crippen molar-refractivity contribution in [2.75, 3.05) is 29.6 Å². The third-order valence-corrected chi connectivity index (χ3v) is 4.42. The van der Waals surface area contributed by atoms with E-state index in [2.05, 4.69) is 10.6 Å². The first-order valence-electron chi connectivity index (χ1n) is 8.76. The highest BCUT2D eigenvalue weighted by molar-refractivity contribution is 6.06. The van der Waals surface area contributed by atoms with E-state index < -0.39 is 17.6 Å². The molecular formula is C20H20F3N3O2. The number of alkyl halides is 3. The summed E-state index contributed by atoms with van der Waals surface area (Å²) in [6, 6.07) is 9.42. The molecule has 0 heterocycles. The maximum atomic E-state index is 13.0. The van der Waals surface area contributed by atoms with E-state index in [4.69, 9.17) is 0 Å². The summed E-state index contributed by atoms with van der Waals surface area (Å²) >= 11 is 0. The van der Waals surface area contributed by atoms with Gasteiger partial charge < -0.3 is 15.5 Å². The molecule has 2 amide bonds. The van der Waals surface area contributed by atoms with Crippen LogP contribution in [0.15, 0.2) is 42.5 Å². The fraction of sp³-hybridized carbons (Fsp3) is 0.300. The van der Waals surface area contributed by atoms with Gasteiger partial charge in [0.15, 0.2) is 0 Å². The van der Waals surface area contributed by atoms with Crippen molar-refractivity contribution >= 4 is 28.9 Å². The maximum absolute atomic E-state index is 13.0. The lowest BCUT2D eigenvalue weighted by Gasteiger charge is -2.20. The normalized spacial score (nSPS) is 13.8. The lowest BCUT2D eigenvalue weighted by molar-refractivity contribution is -0.137. The molecule has 8 heteroatoms. The summed E-state index contributed by atoms with van der Waals surface area (Å²) in [5, 5.41) is 5.31. The van der Waals surface area contributed by atoms with Crippen LogP contribution >= 0.6 is 0 Å². The smallest absolute Gasteiger partial charge is 0.376 e. The van der Waals surface area contributed by atoms with Gasteiger partial charge in [-0.25, -0.2) is 0 Å². The maximum Gasteiger partial charge on any atom is 0.416 e. The van der Waals surface area contributed by atoms with Crippen LogP contribution in [0.1, 0.15) is 28.8 Å². The minimum Gasteiger partial charge on any atom is -0.376 e. The SMILES string of the molecule is CN(C)c1ccc(C(F)(F)F)cc1NC(=O)c1ccc(NC(=O)C2CC2)cc1. The third kappa shape index (κ3) is 4.62. The molecule has 2 N–H and O–H groups in total. The predicted molar refractivity (Wildman–Crippen MR) is 102 cm³/mol. The Morgan fingerprint density at radius 2 is 1.64 bits per heavy atom. The lowest BCUT2D eigenvalue weighted by Crippen LogP contribution is -2.18. The van der Waals surface area contributed by atoms with E-state index in [1.54, 1.807) is 31.1 Å². The molecule has 148 valence electrons. The van der Waals surface area contributed by atoms with E-state index in [0.717, 1.165) is 25.0 Å². The Morgan fingerprint density at radius 1 is 1.00 bits per heavy atom. The van der Waals surface area contributed by atoms with Crippen molar-refractivity contribution in [3.05, 3.63) is 53.6 Å². The van der Waals surface area contributed by atoms with Gasteiger partial charge >= 0.3 is 6.18 Å². The monoisotopic (exact) mass is 391 g/mol. The van der Waals surface area contributed by atoms with Gasteiger partial charge in [-0.05, 0) is 55.3 Å². The number of hydrogen-bond donors (Lipinski definition) is 2. The van der Waals surface area contributed by atoms with Gasteiger partial charge in [-0.15, -0.1) is 0 Å². The number of amides is 2. The molecule has 1 saturated carbocycles. The molecule has 28 heavy (non-hydrogen) atoms. The number of carbonyl (C=O) groups excluding carboxylic acids is 2. The highest BCUT2D eigenvalue weighted by Crippen LogP contribution is 2.35. The summed E-state index contributed by atoms with van der Waals surface area (Å²) in [6.45, 7) is 0. The van der Waals surface area contributed by atoms with Gasteiger partial charge in [-0.1, -0.05) is 0 Å². The predicted octanol–water partition coefficient (Wildman–Crippen LogP) is 4.37. The Bertz CT molecular complexity index is 889. The number of benzene rings is 2. The Morgan fingerprint density at radius 3 is 2.18 bits per heavy atom. The zero-order chi connectivity index (χ0) is 20.5. The highest BCUT2D eigenvalue weighted by atomic mass is 19.4. The summed E-state index contributed by atoms with van der Waals surface area (Å²) in [6.07, 6.45) is -2.74. The Kier molecular flexibility index (Phi) is 5.31. The minimum atomic E-state index is -4.51. The first-order valence-corrected chi connectivity index (χ1v) is 8.76. The lowest BCUT2D eigenvalue weighted by atomic mass is 10.1. The summed E-state index contributed by atoms with van der Waals surface area (Å²) in [7, 11) is 3.35. The van der Waals surface area contributed by atoms with Crippen molar-refractivity contribution in [1.29, 1.82) is 0 Å². The molecule has 0 unspecified atom stereocenters. The molecule has 0 spiro atoms. The number of halogens is 3. The molecule has 5 nitrogen and oxygen atoms in total. The van der Waals surface area contributed by atoms with Crippen molar-refractivity contribution in [1.82, 2.24) is 0 Å². The molecule has 0 aliphatic heterocycles. The zero-order valence-electron chi connectivity index (χ0n) is 15.4. The van der Waals surface area contributed by atoms with E-state index in [9.17, 15) is 22.8 Å². The second kappa shape index (κ2) is 7.53. The van der Waals surface area contributed by atoms with Gasteiger partial charge in [0, 0.05) is 31.3 Å². The van der Waals surface area contributed by atoms with Crippen LogP contribution < -0.4 is 15.5 Å². The van der Waals surface area contributed by atoms with Gasteiger partial charge in [0.25, 0.3) is 5.91 Å².